The number of phenolic OH excluding ortho intramolecular Hbond substituents is 1. The van der Waals surface area contributed by atoms with Gasteiger partial charge in [0, 0.05) is 29.8 Å². The molecule has 0 aromatic heterocycles. The summed E-state index contributed by atoms with van der Waals surface area (Å²) in [5.41, 5.74) is 6.83. The van der Waals surface area contributed by atoms with E-state index in [9.17, 15) is 5.11 Å². The highest BCUT2D eigenvalue weighted by Crippen LogP contribution is 2.29. The number of rotatable bonds is 4. The molecule has 0 heterocycles. The highest BCUT2D eigenvalue weighted by Gasteiger charge is 2.21. The lowest BCUT2D eigenvalue weighted by Gasteiger charge is -2.30. The first-order valence-electron chi connectivity index (χ1n) is 6.98. The first kappa shape index (κ1) is 14.2. The van der Waals surface area contributed by atoms with Gasteiger partial charge in [-0.2, -0.15) is 0 Å². The average Bonchev–Trinajstić information content (AvgIpc) is 2.41. The first-order chi connectivity index (χ1) is 9.10. The van der Waals surface area contributed by atoms with Crippen molar-refractivity contribution in [1.82, 2.24) is 5.32 Å². The Kier molecular flexibility index (Phi) is 4.66. The number of ether oxygens (including phenoxy) is 1. The van der Waals surface area contributed by atoms with Crippen LogP contribution >= 0.6 is 0 Å². The van der Waals surface area contributed by atoms with Crippen molar-refractivity contribution in [2.45, 2.75) is 50.7 Å². The number of phenols is 1. The Labute approximate surface area is 115 Å². The van der Waals surface area contributed by atoms with Gasteiger partial charge >= 0.3 is 0 Å². The van der Waals surface area contributed by atoms with E-state index in [0.717, 1.165) is 31.2 Å². The molecule has 4 N–H and O–H groups in total. The normalized spacial score (nSPS) is 25.0. The highest BCUT2D eigenvalue weighted by molar-refractivity contribution is 5.41. The van der Waals surface area contributed by atoms with Gasteiger partial charge in [-0.25, -0.2) is 0 Å². The van der Waals surface area contributed by atoms with Gasteiger partial charge in [-0.3, -0.25) is 0 Å². The van der Waals surface area contributed by atoms with Gasteiger partial charge in [0.05, 0.1) is 7.11 Å². The van der Waals surface area contributed by atoms with Crippen LogP contribution in [0.3, 0.4) is 0 Å². The molecule has 0 saturated heterocycles. The number of nitrogens with two attached hydrogens (primary N) is 1. The summed E-state index contributed by atoms with van der Waals surface area (Å²) in [7, 11) is 1.60. The molecular weight excluding hydrogens is 240 g/mol. The first-order valence-corrected chi connectivity index (χ1v) is 6.98. The third kappa shape index (κ3) is 3.61. The smallest absolute Gasteiger partial charge is 0.124 e. The number of methoxy groups -OCH3 is 1. The third-order valence-electron chi connectivity index (χ3n) is 3.96. The van der Waals surface area contributed by atoms with E-state index in [0.29, 0.717) is 17.8 Å². The lowest BCUT2D eigenvalue weighted by Crippen LogP contribution is -2.38. The zero-order valence-electron chi connectivity index (χ0n) is 11.7. The van der Waals surface area contributed by atoms with Gasteiger partial charge in [0.1, 0.15) is 11.5 Å². The molecule has 19 heavy (non-hydrogen) atoms. The van der Waals surface area contributed by atoms with E-state index in [1.165, 1.54) is 0 Å². The molecule has 1 fully saturated rings. The molecule has 2 rings (SSSR count). The minimum absolute atomic E-state index is 0.130. The van der Waals surface area contributed by atoms with Gasteiger partial charge in [-0.05, 0) is 38.7 Å². The maximum Gasteiger partial charge on any atom is 0.124 e. The van der Waals surface area contributed by atoms with Crippen LogP contribution in [0.25, 0.3) is 0 Å². The molecule has 1 atom stereocenters. The van der Waals surface area contributed by atoms with Gasteiger partial charge in [0.2, 0.25) is 0 Å². The number of aromatic hydroxyl groups is 1. The van der Waals surface area contributed by atoms with E-state index in [1.54, 1.807) is 13.2 Å². The molecule has 4 heteroatoms. The second kappa shape index (κ2) is 6.26. The monoisotopic (exact) mass is 264 g/mol. The molecule has 1 aliphatic carbocycles. The predicted octanol–water partition coefficient (Wildman–Crippen LogP) is 2.32. The van der Waals surface area contributed by atoms with E-state index < -0.39 is 0 Å². The fourth-order valence-electron chi connectivity index (χ4n) is 2.75. The fraction of sp³-hybridized carbons (Fsp3) is 0.600. The summed E-state index contributed by atoms with van der Waals surface area (Å²) < 4.78 is 5.10. The van der Waals surface area contributed by atoms with Crippen molar-refractivity contribution in [2.75, 3.05) is 7.11 Å². The third-order valence-corrected chi connectivity index (χ3v) is 3.96. The van der Waals surface area contributed by atoms with Crippen LogP contribution in [0.1, 0.15) is 44.2 Å². The van der Waals surface area contributed by atoms with E-state index in [4.69, 9.17) is 10.5 Å². The molecule has 0 amide bonds. The zero-order chi connectivity index (χ0) is 13.8. The fourth-order valence-corrected chi connectivity index (χ4v) is 2.75. The summed E-state index contributed by atoms with van der Waals surface area (Å²) in [6.45, 7) is 2.08. The molecule has 0 radical (unpaired) electrons. The lowest BCUT2D eigenvalue weighted by molar-refractivity contribution is 0.318. The molecule has 1 aliphatic rings. The minimum Gasteiger partial charge on any atom is -0.507 e. The van der Waals surface area contributed by atoms with E-state index >= 15 is 0 Å². The summed E-state index contributed by atoms with van der Waals surface area (Å²) in [4.78, 5) is 0. The maximum atomic E-state index is 10.0. The van der Waals surface area contributed by atoms with Crippen LogP contribution in [0.15, 0.2) is 18.2 Å². The number of benzene rings is 1. The second-order valence-corrected chi connectivity index (χ2v) is 5.42. The molecule has 0 aliphatic heterocycles. The van der Waals surface area contributed by atoms with Gasteiger partial charge < -0.3 is 20.9 Å². The van der Waals surface area contributed by atoms with Crippen molar-refractivity contribution in [3.63, 3.8) is 0 Å². The minimum atomic E-state index is 0.130. The van der Waals surface area contributed by atoms with E-state index in [2.05, 4.69) is 12.2 Å². The Morgan fingerprint density at radius 2 is 2.00 bits per heavy atom. The Morgan fingerprint density at radius 1 is 1.32 bits per heavy atom. The maximum absolute atomic E-state index is 10.0. The molecule has 106 valence electrons. The average molecular weight is 264 g/mol. The lowest BCUT2D eigenvalue weighted by atomic mass is 9.91. The molecule has 1 aromatic carbocycles. The van der Waals surface area contributed by atoms with Gasteiger partial charge in [-0.15, -0.1) is 0 Å². The quantitative estimate of drug-likeness (QED) is 0.780. The van der Waals surface area contributed by atoms with Crippen molar-refractivity contribution in [3.05, 3.63) is 23.8 Å². The summed E-state index contributed by atoms with van der Waals surface area (Å²) >= 11 is 0. The Bertz CT molecular complexity index is 415. The summed E-state index contributed by atoms with van der Waals surface area (Å²) in [5, 5.41) is 13.6. The topological polar surface area (TPSA) is 67.5 Å². The van der Waals surface area contributed by atoms with Crippen molar-refractivity contribution < 1.29 is 9.84 Å². The number of hydrogen-bond donors (Lipinski definition) is 3. The molecule has 0 spiro atoms. The van der Waals surface area contributed by atoms with Gasteiger partial charge in [-0.1, -0.05) is 6.07 Å². The number of hydrogen-bond acceptors (Lipinski definition) is 4. The van der Waals surface area contributed by atoms with Gasteiger partial charge in [0.25, 0.3) is 0 Å². The van der Waals surface area contributed by atoms with Crippen LogP contribution in [0, 0.1) is 0 Å². The molecule has 1 aromatic rings. The Morgan fingerprint density at radius 3 is 2.58 bits per heavy atom. The van der Waals surface area contributed by atoms with E-state index in [1.807, 2.05) is 12.1 Å². The Balaban J connectivity index is 1.97. The van der Waals surface area contributed by atoms with Crippen LogP contribution in [-0.4, -0.2) is 24.3 Å². The molecule has 1 unspecified atom stereocenters. The van der Waals surface area contributed by atoms with Crippen molar-refractivity contribution >= 4 is 0 Å². The Hall–Kier alpha value is -1.26. The SMILES string of the molecule is COc1ccc(C(C)NC2CCC(N)CC2)c(O)c1. The summed E-state index contributed by atoms with van der Waals surface area (Å²) in [5.74, 6) is 0.962. The van der Waals surface area contributed by atoms with Crippen LogP contribution in [-0.2, 0) is 0 Å². The standard InChI is InChI=1S/C15H24N2O2/c1-10(17-12-5-3-11(16)4-6-12)14-8-7-13(19-2)9-15(14)18/h7-12,17-18H,3-6,16H2,1-2H3. The van der Waals surface area contributed by atoms with Crippen LogP contribution < -0.4 is 15.8 Å². The predicted molar refractivity (Wildman–Crippen MR) is 76.4 cm³/mol. The van der Waals surface area contributed by atoms with Crippen LogP contribution in [0.5, 0.6) is 11.5 Å². The summed E-state index contributed by atoms with van der Waals surface area (Å²) in [6.07, 6.45) is 4.39. The zero-order valence-corrected chi connectivity index (χ0v) is 11.7. The second-order valence-electron chi connectivity index (χ2n) is 5.42. The molecule has 0 bridgehead atoms. The van der Waals surface area contributed by atoms with Crippen molar-refractivity contribution in [2.24, 2.45) is 5.73 Å². The van der Waals surface area contributed by atoms with Crippen LogP contribution in [0.2, 0.25) is 0 Å². The molecular formula is C15H24N2O2. The molecule has 1 saturated carbocycles. The van der Waals surface area contributed by atoms with E-state index in [-0.39, 0.29) is 11.8 Å². The van der Waals surface area contributed by atoms with Crippen molar-refractivity contribution in [3.8, 4) is 11.5 Å². The van der Waals surface area contributed by atoms with Gasteiger partial charge in [0.15, 0.2) is 0 Å². The summed E-state index contributed by atoms with van der Waals surface area (Å²) in [6, 6.07) is 6.44. The molecule has 4 nitrogen and oxygen atoms in total. The van der Waals surface area contributed by atoms with Crippen LogP contribution in [0.4, 0.5) is 0 Å². The van der Waals surface area contributed by atoms with Crippen molar-refractivity contribution in [1.29, 1.82) is 0 Å². The largest absolute Gasteiger partial charge is 0.507 e. The number of nitrogens with one attached hydrogen (secondary N) is 1. The highest BCUT2D eigenvalue weighted by atomic mass is 16.5.